The maximum absolute atomic E-state index is 9.94. The van der Waals surface area contributed by atoms with E-state index in [4.69, 9.17) is 31.4 Å². The molecular weight excluding hydrogens is 342 g/mol. The summed E-state index contributed by atoms with van der Waals surface area (Å²) in [4.78, 5) is 0. The molecule has 0 bridgehead atoms. The highest BCUT2D eigenvalue weighted by atomic mass is 35.5. The summed E-state index contributed by atoms with van der Waals surface area (Å²) in [7, 11) is 1.67. The third-order valence-electron chi connectivity index (χ3n) is 4.72. The van der Waals surface area contributed by atoms with E-state index in [-0.39, 0.29) is 18.2 Å². The van der Waals surface area contributed by atoms with E-state index in [1.165, 1.54) is 0 Å². The van der Waals surface area contributed by atoms with E-state index in [1.54, 1.807) is 13.2 Å². The molecule has 0 saturated carbocycles. The number of benzene rings is 1. The van der Waals surface area contributed by atoms with Crippen molar-refractivity contribution in [3.8, 4) is 6.07 Å². The van der Waals surface area contributed by atoms with Crippen LogP contribution in [0.2, 0.25) is 5.02 Å². The number of methoxy groups -OCH3 is 1. The summed E-state index contributed by atoms with van der Waals surface area (Å²) in [5.41, 5.74) is 2.99. The van der Waals surface area contributed by atoms with Crippen molar-refractivity contribution in [3.63, 3.8) is 0 Å². The van der Waals surface area contributed by atoms with Gasteiger partial charge in [-0.25, -0.2) is 0 Å². The second-order valence-electron chi connectivity index (χ2n) is 6.41. The SMILES string of the molecule is COCCCO[C@@H]1C(c2ccc(C#N)c(Cl)c2C)=NN2C[C@H](O)C[C@@H]12. The molecule has 25 heavy (non-hydrogen) atoms. The quantitative estimate of drug-likeness (QED) is 0.783. The van der Waals surface area contributed by atoms with Gasteiger partial charge in [0.15, 0.2) is 0 Å². The summed E-state index contributed by atoms with van der Waals surface area (Å²) in [6.07, 6.45) is 0.816. The van der Waals surface area contributed by atoms with E-state index in [1.807, 2.05) is 18.0 Å². The first kappa shape index (κ1) is 18.2. The Morgan fingerprint density at radius 1 is 1.44 bits per heavy atom. The molecule has 3 atom stereocenters. The lowest BCUT2D eigenvalue weighted by atomic mass is 9.94. The Morgan fingerprint density at radius 3 is 2.96 bits per heavy atom. The van der Waals surface area contributed by atoms with Gasteiger partial charge in [-0.2, -0.15) is 10.4 Å². The fourth-order valence-corrected chi connectivity index (χ4v) is 3.67. The van der Waals surface area contributed by atoms with Crippen LogP contribution in [-0.4, -0.2) is 60.9 Å². The number of halogens is 1. The minimum atomic E-state index is -0.383. The lowest BCUT2D eigenvalue weighted by Crippen LogP contribution is -2.36. The molecule has 0 spiro atoms. The normalized spacial score (nSPS) is 25.0. The molecule has 1 aromatic carbocycles. The molecule has 6 nitrogen and oxygen atoms in total. The molecule has 2 aliphatic heterocycles. The highest BCUT2D eigenvalue weighted by Gasteiger charge is 2.44. The summed E-state index contributed by atoms with van der Waals surface area (Å²) in [6, 6.07) is 5.72. The molecule has 0 aromatic heterocycles. The number of hydrogen-bond acceptors (Lipinski definition) is 6. The second kappa shape index (κ2) is 7.71. The van der Waals surface area contributed by atoms with Gasteiger partial charge in [-0.3, -0.25) is 5.01 Å². The zero-order chi connectivity index (χ0) is 18.0. The molecule has 1 aromatic rings. The topological polar surface area (TPSA) is 78.1 Å². The van der Waals surface area contributed by atoms with Crippen molar-refractivity contribution in [2.75, 3.05) is 26.9 Å². The van der Waals surface area contributed by atoms with Crippen molar-refractivity contribution in [3.05, 3.63) is 33.8 Å². The summed E-state index contributed by atoms with van der Waals surface area (Å²) in [5.74, 6) is 0. The van der Waals surface area contributed by atoms with Gasteiger partial charge in [0.2, 0.25) is 0 Å². The predicted molar refractivity (Wildman–Crippen MR) is 94.8 cm³/mol. The molecular formula is C18H22ClN3O3. The monoisotopic (exact) mass is 363 g/mol. The first-order valence-electron chi connectivity index (χ1n) is 8.40. The fourth-order valence-electron chi connectivity index (χ4n) is 3.46. The highest BCUT2D eigenvalue weighted by molar-refractivity contribution is 6.33. The van der Waals surface area contributed by atoms with Crippen molar-refractivity contribution < 1.29 is 14.6 Å². The van der Waals surface area contributed by atoms with Crippen LogP contribution in [0.25, 0.3) is 0 Å². The number of fused-ring (bicyclic) bond motifs is 1. The van der Waals surface area contributed by atoms with Crippen molar-refractivity contribution in [2.24, 2.45) is 5.10 Å². The molecule has 0 amide bonds. The second-order valence-corrected chi connectivity index (χ2v) is 6.79. The number of nitriles is 1. The summed E-state index contributed by atoms with van der Waals surface area (Å²) >= 11 is 6.33. The number of rotatable bonds is 6. The smallest absolute Gasteiger partial charge is 0.124 e. The van der Waals surface area contributed by atoms with Gasteiger partial charge in [-0.15, -0.1) is 0 Å². The zero-order valence-corrected chi connectivity index (χ0v) is 15.2. The highest BCUT2D eigenvalue weighted by Crippen LogP contribution is 2.34. The minimum Gasteiger partial charge on any atom is -0.391 e. The molecule has 1 N–H and O–H groups in total. The Bertz CT molecular complexity index is 716. The van der Waals surface area contributed by atoms with Crippen LogP contribution >= 0.6 is 11.6 Å². The van der Waals surface area contributed by atoms with Crippen LogP contribution in [0.1, 0.15) is 29.5 Å². The van der Waals surface area contributed by atoms with Crippen molar-refractivity contribution in [1.82, 2.24) is 5.01 Å². The molecule has 7 heteroatoms. The van der Waals surface area contributed by atoms with Gasteiger partial charge in [0.05, 0.1) is 35.0 Å². The number of hydrogen-bond donors (Lipinski definition) is 1. The third-order valence-corrected chi connectivity index (χ3v) is 5.21. The molecule has 1 fully saturated rings. The number of ether oxygens (including phenoxy) is 2. The average molecular weight is 364 g/mol. The van der Waals surface area contributed by atoms with E-state index in [0.717, 1.165) is 23.3 Å². The van der Waals surface area contributed by atoms with E-state index in [9.17, 15) is 5.11 Å². The standard InChI is InChI=1S/C18H22ClN3O3/c1-11-14(5-4-12(9-20)16(11)19)17-18(25-7-3-6-24-2)15-8-13(23)10-22(15)21-17/h4-5,13,15,18,23H,3,6-8,10H2,1-2H3/t13-,15+,18+/m1/s1. The van der Waals surface area contributed by atoms with E-state index in [2.05, 4.69) is 6.07 Å². The van der Waals surface area contributed by atoms with Crippen molar-refractivity contribution >= 4 is 17.3 Å². The average Bonchev–Trinajstić information content (AvgIpc) is 3.10. The molecule has 2 heterocycles. The van der Waals surface area contributed by atoms with Crippen LogP contribution in [0, 0.1) is 18.3 Å². The van der Waals surface area contributed by atoms with E-state index < -0.39 is 0 Å². The summed E-state index contributed by atoms with van der Waals surface area (Å²) in [6.45, 7) is 3.59. The Labute approximate surface area is 152 Å². The summed E-state index contributed by atoms with van der Waals surface area (Å²) < 4.78 is 11.2. The van der Waals surface area contributed by atoms with Gasteiger partial charge in [-0.1, -0.05) is 17.7 Å². The predicted octanol–water partition coefficient (Wildman–Crippen LogP) is 2.09. The number of aliphatic hydroxyl groups is 1. The van der Waals surface area contributed by atoms with Crippen LogP contribution in [0.15, 0.2) is 17.2 Å². The third kappa shape index (κ3) is 3.51. The number of aliphatic hydroxyl groups excluding tert-OH is 1. The Morgan fingerprint density at radius 2 is 2.24 bits per heavy atom. The van der Waals surface area contributed by atoms with Gasteiger partial charge in [-0.05, 0) is 25.0 Å². The minimum absolute atomic E-state index is 0.0290. The van der Waals surface area contributed by atoms with Crippen molar-refractivity contribution in [1.29, 1.82) is 5.26 Å². The molecule has 0 radical (unpaired) electrons. The maximum atomic E-state index is 9.94. The first-order valence-corrected chi connectivity index (χ1v) is 8.78. The Hall–Kier alpha value is -1.65. The lowest BCUT2D eigenvalue weighted by Gasteiger charge is -2.22. The van der Waals surface area contributed by atoms with Crippen LogP contribution in [0.5, 0.6) is 0 Å². The first-order chi connectivity index (χ1) is 12.1. The van der Waals surface area contributed by atoms with Crippen LogP contribution in [0.3, 0.4) is 0 Å². The van der Waals surface area contributed by atoms with Gasteiger partial charge >= 0.3 is 0 Å². The van der Waals surface area contributed by atoms with Crippen molar-refractivity contribution in [2.45, 2.75) is 38.0 Å². The molecule has 0 aliphatic carbocycles. The van der Waals surface area contributed by atoms with Gasteiger partial charge in [0.25, 0.3) is 0 Å². The molecule has 2 aliphatic rings. The Kier molecular flexibility index (Phi) is 5.60. The van der Waals surface area contributed by atoms with Gasteiger partial charge < -0.3 is 14.6 Å². The fraction of sp³-hybridized carbons (Fsp3) is 0.556. The largest absolute Gasteiger partial charge is 0.391 e. The van der Waals surface area contributed by atoms with Gasteiger partial charge in [0, 0.05) is 32.3 Å². The van der Waals surface area contributed by atoms with Crippen LogP contribution < -0.4 is 0 Å². The van der Waals surface area contributed by atoms with Crippen LogP contribution in [0.4, 0.5) is 0 Å². The van der Waals surface area contributed by atoms with Gasteiger partial charge in [0.1, 0.15) is 12.2 Å². The molecule has 0 unspecified atom stereocenters. The van der Waals surface area contributed by atoms with E-state index >= 15 is 0 Å². The molecule has 1 saturated heterocycles. The number of hydrazone groups is 1. The zero-order valence-electron chi connectivity index (χ0n) is 14.4. The lowest BCUT2D eigenvalue weighted by molar-refractivity contribution is 0.0441. The Balaban J connectivity index is 1.88. The van der Waals surface area contributed by atoms with Crippen LogP contribution in [-0.2, 0) is 9.47 Å². The maximum Gasteiger partial charge on any atom is 0.124 e. The summed E-state index contributed by atoms with van der Waals surface area (Å²) in [5, 5.41) is 26.1. The molecule has 134 valence electrons. The molecule has 3 rings (SSSR count). The number of nitrogens with zero attached hydrogens (tertiary/aromatic N) is 3. The van der Waals surface area contributed by atoms with E-state index in [0.29, 0.717) is 36.8 Å².